The number of aromatic nitrogens is 1. The molecule has 6 amide bonds. The molecule has 1 aliphatic heterocycles. The van der Waals surface area contributed by atoms with Gasteiger partial charge in [0.1, 0.15) is 42.0 Å². The molecule has 342 valence electrons. The van der Waals surface area contributed by atoms with E-state index in [1.54, 1.807) is 18.3 Å². The number of phenols is 1. The van der Waals surface area contributed by atoms with E-state index >= 15 is 0 Å². The van der Waals surface area contributed by atoms with Gasteiger partial charge in [-0.15, -0.1) is 0 Å². The summed E-state index contributed by atoms with van der Waals surface area (Å²) in [5.41, 5.74) is 12.6. The second-order valence-corrected chi connectivity index (χ2v) is 16.2. The highest BCUT2D eigenvalue weighted by atomic mass is 16.4. The molecule has 1 aromatic heterocycles. The molecule has 1 saturated heterocycles. The predicted octanol–water partition coefficient (Wildman–Crippen LogP) is -0.456. The van der Waals surface area contributed by atoms with E-state index in [0.717, 1.165) is 17.3 Å². The summed E-state index contributed by atoms with van der Waals surface area (Å²) in [7, 11) is 0. The summed E-state index contributed by atoms with van der Waals surface area (Å²) in [6.07, 6.45) is 3.55. The van der Waals surface area contributed by atoms with Crippen LogP contribution >= 0.6 is 0 Å². The molecular weight excluding hydrogens is 815 g/mol. The number of amides is 6. The molecule has 4 rings (SSSR count). The van der Waals surface area contributed by atoms with Crippen molar-refractivity contribution in [1.82, 2.24) is 42.2 Å². The van der Waals surface area contributed by atoms with Crippen molar-refractivity contribution in [2.24, 2.45) is 22.4 Å². The van der Waals surface area contributed by atoms with Crippen LogP contribution in [-0.2, 0) is 46.4 Å². The van der Waals surface area contributed by atoms with Crippen molar-refractivity contribution in [1.29, 1.82) is 0 Å². The van der Waals surface area contributed by atoms with E-state index in [0.29, 0.717) is 30.5 Å². The number of carbonyl (C=O) groups is 7. The number of hydrogen-bond donors (Lipinski definition) is 12. The Morgan fingerprint density at radius 3 is 1.94 bits per heavy atom. The number of nitrogens with zero attached hydrogens (tertiary/aromatic N) is 1. The number of carboxylic acid groups (broad SMARTS) is 1. The number of aliphatic carboxylic acids is 1. The van der Waals surface area contributed by atoms with E-state index in [4.69, 9.17) is 11.5 Å². The molecule has 7 unspecified atom stereocenters. The molecule has 3 aromatic rings. The summed E-state index contributed by atoms with van der Waals surface area (Å²) in [5.74, 6) is -5.44. The van der Waals surface area contributed by atoms with Crippen LogP contribution in [0.2, 0.25) is 0 Å². The van der Waals surface area contributed by atoms with Gasteiger partial charge in [-0.3, -0.25) is 33.8 Å². The van der Waals surface area contributed by atoms with Crippen molar-refractivity contribution in [2.75, 3.05) is 13.1 Å². The standard InChI is InChI=1S/C43H61N11O9/c1-23(2)19-33(53-38(58)31-11-7-17-46-31)39(59)49-25(4)37(57)52-34(20-26-13-15-28(55)16-14-26)41(61)54-35(21-27-22-48-30-10-6-5-9-29(27)30)40(60)50-24(3)36(56)51-32(42(62)63)12-8-18-47-43(44)45/h5-6,9-10,13-16,22-25,31-35,46,48,55H,7-8,11-12,17-21H2,1-4H3,(H,49,59)(H,50,60)(H,51,56)(H,52,57)(H,53,58)(H,54,61)(H,62,63)(H4,44,45,47). The first kappa shape index (κ1) is 49.0. The van der Waals surface area contributed by atoms with Gasteiger partial charge < -0.3 is 63.9 Å². The number of hydrogen-bond acceptors (Lipinski definition) is 10. The Kier molecular flexibility index (Phi) is 18.3. The van der Waals surface area contributed by atoms with Gasteiger partial charge in [0.25, 0.3) is 0 Å². The quantitative estimate of drug-likeness (QED) is 0.0327. The molecule has 14 N–H and O–H groups in total. The normalized spacial score (nSPS) is 16.4. The molecule has 0 bridgehead atoms. The van der Waals surface area contributed by atoms with E-state index in [-0.39, 0.29) is 55.8 Å². The zero-order chi connectivity index (χ0) is 46.2. The van der Waals surface area contributed by atoms with Gasteiger partial charge in [-0.2, -0.15) is 0 Å². The van der Waals surface area contributed by atoms with E-state index in [1.807, 2.05) is 38.1 Å². The van der Waals surface area contributed by atoms with Crippen LogP contribution < -0.4 is 48.7 Å². The maximum absolute atomic E-state index is 14.3. The summed E-state index contributed by atoms with van der Waals surface area (Å²) in [5, 5.41) is 39.4. The molecule has 0 saturated carbocycles. The molecule has 20 nitrogen and oxygen atoms in total. The highest BCUT2D eigenvalue weighted by Gasteiger charge is 2.33. The number of guanidine groups is 1. The zero-order valence-electron chi connectivity index (χ0n) is 36.0. The first-order valence-electron chi connectivity index (χ1n) is 21.1. The second kappa shape index (κ2) is 23.5. The summed E-state index contributed by atoms with van der Waals surface area (Å²) in [6.45, 7) is 7.44. The number of para-hydroxylation sites is 1. The van der Waals surface area contributed by atoms with Gasteiger partial charge in [0.05, 0.1) is 6.04 Å². The van der Waals surface area contributed by atoms with Crippen LogP contribution in [0.25, 0.3) is 10.9 Å². The van der Waals surface area contributed by atoms with Gasteiger partial charge in [-0.25, -0.2) is 4.79 Å². The molecule has 2 heterocycles. The summed E-state index contributed by atoms with van der Waals surface area (Å²) >= 11 is 0. The lowest BCUT2D eigenvalue weighted by Gasteiger charge is -2.27. The lowest BCUT2D eigenvalue weighted by Crippen LogP contribution is -2.60. The summed E-state index contributed by atoms with van der Waals surface area (Å²) < 4.78 is 0. The van der Waals surface area contributed by atoms with Crippen molar-refractivity contribution >= 4 is 58.3 Å². The molecule has 7 atom stereocenters. The number of aromatic amines is 1. The molecular formula is C43H61N11O9. The Balaban J connectivity index is 1.54. The number of nitrogens with two attached hydrogens (primary N) is 2. The van der Waals surface area contributed by atoms with Crippen molar-refractivity contribution in [3.05, 3.63) is 65.9 Å². The van der Waals surface area contributed by atoms with E-state index in [1.165, 1.54) is 26.0 Å². The van der Waals surface area contributed by atoms with Crippen LogP contribution in [0.3, 0.4) is 0 Å². The number of benzene rings is 2. The van der Waals surface area contributed by atoms with Crippen LogP contribution in [0.15, 0.2) is 59.7 Å². The van der Waals surface area contributed by atoms with Gasteiger partial charge in [-0.05, 0) is 87.7 Å². The van der Waals surface area contributed by atoms with Crippen molar-refractivity contribution in [2.45, 2.75) is 115 Å². The van der Waals surface area contributed by atoms with Crippen molar-refractivity contribution in [3.63, 3.8) is 0 Å². The average Bonchev–Trinajstić information content (AvgIpc) is 3.92. The number of fused-ring (bicyclic) bond motifs is 1. The fourth-order valence-electron chi connectivity index (χ4n) is 7.08. The highest BCUT2D eigenvalue weighted by molar-refractivity contribution is 5.97. The summed E-state index contributed by atoms with van der Waals surface area (Å²) in [4.78, 5) is 101. The SMILES string of the molecule is CC(C)CC(NC(=O)C1CCCN1)C(=O)NC(C)C(=O)NC(Cc1ccc(O)cc1)C(=O)NC(Cc1c[nH]c2ccccc12)C(=O)NC(C)C(=O)NC(CCCN=C(N)N)C(=O)O. The maximum atomic E-state index is 14.3. The van der Waals surface area contributed by atoms with Crippen molar-refractivity contribution < 1.29 is 43.8 Å². The summed E-state index contributed by atoms with van der Waals surface area (Å²) in [6, 6.07) is 5.54. The van der Waals surface area contributed by atoms with Crippen molar-refractivity contribution in [3.8, 4) is 5.75 Å². The van der Waals surface area contributed by atoms with E-state index < -0.39 is 77.8 Å². The average molecular weight is 876 g/mol. The lowest BCUT2D eigenvalue weighted by atomic mass is 10.0. The number of nitrogens with one attached hydrogen (secondary N) is 8. The van der Waals surface area contributed by atoms with Gasteiger partial charge >= 0.3 is 5.97 Å². The minimum atomic E-state index is -1.33. The van der Waals surface area contributed by atoms with Gasteiger partial charge in [0.15, 0.2) is 5.96 Å². The maximum Gasteiger partial charge on any atom is 0.326 e. The Bertz CT molecular complexity index is 2100. The fourth-order valence-corrected chi connectivity index (χ4v) is 7.08. The monoisotopic (exact) mass is 875 g/mol. The third-order valence-corrected chi connectivity index (χ3v) is 10.5. The molecule has 0 spiro atoms. The molecule has 0 radical (unpaired) electrons. The van der Waals surface area contributed by atoms with Crippen LogP contribution in [-0.4, -0.2) is 118 Å². The van der Waals surface area contributed by atoms with E-state index in [9.17, 15) is 43.8 Å². The Morgan fingerprint density at radius 1 is 0.746 bits per heavy atom. The van der Waals surface area contributed by atoms with Crippen LogP contribution in [0.4, 0.5) is 0 Å². The molecule has 20 heteroatoms. The number of carbonyl (C=O) groups excluding carboxylic acids is 6. The van der Waals surface area contributed by atoms with Gasteiger partial charge in [-0.1, -0.05) is 44.2 Å². The predicted molar refractivity (Wildman–Crippen MR) is 235 cm³/mol. The number of aliphatic imine (C=N–C) groups is 1. The van der Waals surface area contributed by atoms with Crippen LogP contribution in [0.5, 0.6) is 5.75 Å². The number of carboxylic acids is 1. The Hall–Kier alpha value is -6.70. The fraction of sp³-hybridized carbons (Fsp3) is 0.488. The number of phenolic OH excluding ortho intramolecular Hbond substituents is 1. The van der Waals surface area contributed by atoms with Gasteiger partial charge in [0.2, 0.25) is 35.4 Å². The molecule has 2 aromatic carbocycles. The largest absolute Gasteiger partial charge is 0.508 e. The smallest absolute Gasteiger partial charge is 0.326 e. The molecule has 1 aliphatic rings. The lowest BCUT2D eigenvalue weighted by molar-refractivity contribution is -0.142. The molecule has 63 heavy (non-hydrogen) atoms. The third-order valence-electron chi connectivity index (χ3n) is 10.5. The molecule has 0 aliphatic carbocycles. The van der Waals surface area contributed by atoms with Gasteiger partial charge in [0, 0.05) is 36.5 Å². The Morgan fingerprint density at radius 2 is 1.33 bits per heavy atom. The van der Waals surface area contributed by atoms with E-state index in [2.05, 4.69) is 47.2 Å². The topological polar surface area (TPSA) is 324 Å². The highest BCUT2D eigenvalue weighted by Crippen LogP contribution is 2.20. The van der Waals surface area contributed by atoms with Crippen LogP contribution in [0, 0.1) is 5.92 Å². The third kappa shape index (κ3) is 15.3. The first-order valence-corrected chi connectivity index (χ1v) is 21.1. The first-order chi connectivity index (χ1) is 29.9. The number of aromatic hydroxyl groups is 1. The molecule has 1 fully saturated rings. The van der Waals surface area contributed by atoms with Crippen LogP contribution in [0.1, 0.15) is 70.9 Å². The number of rotatable bonds is 23. The minimum Gasteiger partial charge on any atom is -0.508 e. The zero-order valence-corrected chi connectivity index (χ0v) is 36.0. The number of H-pyrrole nitrogens is 1. The minimum absolute atomic E-state index is 0.00142. The Labute approximate surface area is 365 Å². The second-order valence-electron chi connectivity index (χ2n) is 16.2.